The standard InChI is InChI=1S/C15H22N2O2/c16-13-4-1-3-12(11-13)7-8-15(19)17(9-10-18)14-5-2-6-14/h1,3-4,11,14,18H,2,5-10,16H2. The third kappa shape index (κ3) is 3.70. The van der Waals surface area contributed by atoms with Crippen LogP contribution < -0.4 is 5.73 Å². The molecule has 0 atom stereocenters. The lowest BCUT2D eigenvalue weighted by atomic mass is 9.91. The van der Waals surface area contributed by atoms with Crippen molar-refractivity contribution in [2.45, 2.75) is 38.1 Å². The predicted molar refractivity (Wildman–Crippen MR) is 75.6 cm³/mol. The number of carbonyl (C=O) groups excluding carboxylic acids is 1. The Morgan fingerprint density at radius 3 is 2.79 bits per heavy atom. The minimum Gasteiger partial charge on any atom is -0.399 e. The maximum Gasteiger partial charge on any atom is 0.223 e. The number of nitrogens with two attached hydrogens (primary N) is 1. The van der Waals surface area contributed by atoms with Gasteiger partial charge in [0.15, 0.2) is 0 Å². The second-order valence-corrected chi connectivity index (χ2v) is 5.14. The highest BCUT2D eigenvalue weighted by atomic mass is 16.3. The molecule has 0 bridgehead atoms. The molecule has 1 aromatic carbocycles. The van der Waals surface area contributed by atoms with Crippen molar-refractivity contribution in [2.75, 3.05) is 18.9 Å². The van der Waals surface area contributed by atoms with Gasteiger partial charge in [-0.1, -0.05) is 12.1 Å². The van der Waals surface area contributed by atoms with Crippen LogP contribution in [-0.2, 0) is 11.2 Å². The van der Waals surface area contributed by atoms with E-state index in [2.05, 4.69) is 0 Å². The van der Waals surface area contributed by atoms with Crippen LogP contribution in [0.2, 0.25) is 0 Å². The number of aliphatic hydroxyl groups excluding tert-OH is 1. The minimum absolute atomic E-state index is 0.0422. The number of benzene rings is 1. The lowest BCUT2D eigenvalue weighted by Gasteiger charge is -2.37. The molecule has 4 heteroatoms. The Morgan fingerprint density at radius 2 is 2.21 bits per heavy atom. The van der Waals surface area contributed by atoms with Crippen LogP contribution >= 0.6 is 0 Å². The maximum absolute atomic E-state index is 12.2. The lowest BCUT2D eigenvalue weighted by molar-refractivity contribution is -0.135. The van der Waals surface area contributed by atoms with E-state index in [-0.39, 0.29) is 12.5 Å². The number of aliphatic hydroxyl groups is 1. The summed E-state index contributed by atoms with van der Waals surface area (Å²) >= 11 is 0. The third-order valence-corrected chi connectivity index (χ3v) is 3.76. The summed E-state index contributed by atoms with van der Waals surface area (Å²) in [6.45, 7) is 0.501. The largest absolute Gasteiger partial charge is 0.399 e. The number of amides is 1. The van der Waals surface area contributed by atoms with Crippen molar-refractivity contribution >= 4 is 11.6 Å². The Hall–Kier alpha value is -1.55. The fraction of sp³-hybridized carbons (Fsp3) is 0.533. The number of aryl methyl sites for hydroxylation is 1. The van der Waals surface area contributed by atoms with E-state index in [4.69, 9.17) is 10.8 Å². The van der Waals surface area contributed by atoms with Gasteiger partial charge < -0.3 is 15.7 Å². The molecule has 1 aliphatic carbocycles. The summed E-state index contributed by atoms with van der Waals surface area (Å²) in [6, 6.07) is 8.00. The van der Waals surface area contributed by atoms with Crippen molar-refractivity contribution in [1.82, 2.24) is 4.90 Å². The average Bonchev–Trinajstić information content (AvgIpc) is 2.33. The van der Waals surface area contributed by atoms with Gasteiger partial charge >= 0.3 is 0 Å². The summed E-state index contributed by atoms with van der Waals surface area (Å²) in [5.41, 5.74) is 7.54. The first-order valence-electron chi connectivity index (χ1n) is 6.95. The minimum atomic E-state index is 0.0422. The first-order chi connectivity index (χ1) is 9.20. The van der Waals surface area contributed by atoms with E-state index in [9.17, 15) is 4.79 Å². The first-order valence-corrected chi connectivity index (χ1v) is 6.95. The molecule has 1 aromatic rings. The molecule has 3 N–H and O–H groups in total. The molecule has 0 radical (unpaired) electrons. The molecule has 19 heavy (non-hydrogen) atoms. The molecule has 1 fully saturated rings. The number of carbonyl (C=O) groups is 1. The van der Waals surface area contributed by atoms with E-state index in [0.29, 0.717) is 25.4 Å². The molecule has 0 heterocycles. The van der Waals surface area contributed by atoms with Gasteiger partial charge in [-0.3, -0.25) is 4.79 Å². The van der Waals surface area contributed by atoms with Gasteiger partial charge in [-0.25, -0.2) is 0 Å². The summed E-state index contributed by atoms with van der Waals surface area (Å²) in [4.78, 5) is 14.1. The smallest absolute Gasteiger partial charge is 0.223 e. The normalized spacial score (nSPS) is 15.0. The summed E-state index contributed by atoms with van der Waals surface area (Å²) in [7, 11) is 0. The van der Waals surface area contributed by atoms with Gasteiger partial charge in [0.1, 0.15) is 0 Å². The zero-order valence-electron chi connectivity index (χ0n) is 11.2. The van der Waals surface area contributed by atoms with Gasteiger partial charge in [-0.15, -0.1) is 0 Å². The molecule has 4 nitrogen and oxygen atoms in total. The van der Waals surface area contributed by atoms with E-state index >= 15 is 0 Å². The SMILES string of the molecule is Nc1cccc(CCC(=O)N(CCO)C2CCC2)c1. The van der Waals surface area contributed by atoms with Crippen molar-refractivity contribution in [1.29, 1.82) is 0 Å². The molecule has 1 amide bonds. The van der Waals surface area contributed by atoms with Gasteiger partial charge in [0.05, 0.1) is 6.61 Å². The van der Waals surface area contributed by atoms with Crippen molar-refractivity contribution in [3.05, 3.63) is 29.8 Å². The van der Waals surface area contributed by atoms with Gasteiger partial charge in [-0.2, -0.15) is 0 Å². The monoisotopic (exact) mass is 262 g/mol. The van der Waals surface area contributed by atoms with Crippen molar-refractivity contribution in [3.63, 3.8) is 0 Å². The lowest BCUT2D eigenvalue weighted by Crippen LogP contribution is -2.45. The second kappa shape index (κ2) is 6.57. The third-order valence-electron chi connectivity index (χ3n) is 3.76. The van der Waals surface area contributed by atoms with E-state index < -0.39 is 0 Å². The molecule has 2 rings (SSSR count). The molecule has 104 valence electrons. The summed E-state index contributed by atoms with van der Waals surface area (Å²) in [5, 5.41) is 9.07. The molecule has 0 aromatic heterocycles. The fourth-order valence-electron chi connectivity index (χ4n) is 2.46. The molecule has 0 unspecified atom stereocenters. The number of rotatable bonds is 6. The Kier molecular flexibility index (Phi) is 4.80. The zero-order chi connectivity index (χ0) is 13.7. The summed E-state index contributed by atoms with van der Waals surface area (Å²) < 4.78 is 0. The molecule has 0 aliphatic heterocycles. The van der Waals surface area contributed by atoms with Crippen LogP contribution in [0.25, 0.3) is 0 Å². The Morgan fingerprint density at radius 1 is 1.42 bits per heavy atom. The summed E-state index contributed by atoms with van der Waals surface area (Å²) in [5.74, 6) is 0.140. The van der Waals surface area contributed by atoms with Gasteiger partial charge in [0.25, 0.3) is 0 Å². The quantitative estimate of drug-likeness (QED) is 0.765. The number of anilines is 1. The zero-order valence-corrected chi connectivity index (χ0v) is 11.2. The predicted octanol–water partition coefficient (Wildman–Crippen LogP) is 1.57. The van der Waals surface area contributed by atoms with Crippen molar-refractivity contribution in [3.8, 4) is 0 Å². The fourth-order valence-corrected chi connectivity index (χ4v) is 2.46. The number of hydrogen-bond donors (Lipinski definition) is 2. The molecule has 1 aliphatic rings. The van der Waals surface area contributed by atoms with Crippen molar-refractivity contribution in [2.24, 2.45) is 0 Å². The number of nitrogens with zero attached hydrogens (tertiary/aromatic N) is 1. The second-order valence-electron chi connectivity index (χ2n) is 5.14. The topological polar surface area (TPSA) is 66.6 Å². The van der Waals surface area contributed by atoms with E-state index in [1.54, 1.807) is 0 Å². The van der Waals surface area contributed by atoms with E-state index in [0.717, 1.165) is 24.1 Å². The van der Waals surface area contributed by atoms with Crippen LogP contribution in [0, 0.1) is 0 Å². The highest BCUT2D eigenvalue weighted by Gasteiger charge is 2.27. The molecular weight excluding hydrogens is 240 g/mol. The van der Waals surface area contributed by atoms with Crippen molar-refractivity contribution < 1.29 is 9.90 Å². The Labute approximate surface area is 114 Å². The molecule has 0 spiro atoms. The van der Waals surface area contributed by atoms with Gasteiger partial charge in [0.2, 0.25) is 5.91 Å². The van der Waals surface area contributed by atoms with E-state index in [1.165, 1.54) is 6.42 Å². The van der Waals surface area contributed by atoms with Gasteiger partial charge in [-0.05, 0) is 43.4 Å². The van der Waals surface area contributed by atoms with Crippen LogP contribution in [0.3, 0.4) is 0 Å². The van der Waals surface area contributed by atoms with Crippen LogP contribution in [0.1, 0.15) is 31.2 Å². The highest BCUT2D eigenvalue weighted by Crippen LogP contribution is 2.25. The summed E-state index contributed by atoms with van der Waals surface area (Å²) in [6.07, 6.45) is 4.53. The average molecular weight is 262 g/mol. The maximum atomic E-state index is 12.2. The highest BCUT2D eigenvalue weighted by molar-refractivity contribution is 5.77. The molecule has 0 saturated heterocycles. The van der Waals surface area contributed by atoms with Crippen LogP contribution in [-0.4, -0.2) is 35.1 Å². The Bertz CT molecular complexity index is 430. The molecular formula is C15H22N2O2. The Balaban J connectivity index is 1.88. The van der Waals surface area contributed by atoms with Crippen LogP contribution in [0.4, 0.5) is 5.69 Å². The van der Waals surface area contributed by atoms with Crippen LogP contribution in [0.15, 0.2) is 24.3 Å². The number of hydrogen-bond acceptors (Lipinski definition) is 3. The van der Waals surface area contributed by atoms with E-state index in [1.807, 2.05) is 29.2 Å². The number of nitrogen functional groups attached to an aromatic ring is 1. The first kappa shape index (κ1) is 13.9. The molecule has 1 saturated carbocycles. The van der Waals surface area contributed by atoms with Gasteiger partial charge in [0, 0.05) is 24.7 Å². The van der Waals surface area contributed by atoms with Crippen LogP contribution in [0.5, 0.6) is 0 Å².